The molecule has 4 bridgehead atoms. The van der Waals surface area contributed by atoms with Crippen LogP contribution in [0.2, 0.25) is 0 Å². The van der Waals surface area contributed by atoms with Gasteiger partial charge >= 0.3 is 0 Å². The van der Waals surface area contributed by atoms with Crippen LogP contribution in [0.25, 0.3) is 10.9 Å². The summed E-state index contributed by atoms with van der Waals surface area (Å²) in [5, 5.41) is 8.81. The first-order chi connectivity index (χ1) is 21.4. The van der Waals surface area contributed by atoms with Gasteiger partial charge in [0, 0.05) is 24.5 Å². The number of benzene rings is 3. The predicted molar refractivity (Wildman–Crippen MR) is 175 cm³/mol. The van der Waals surface area contributed by atoms with Gasteiger partial charge in [0.1, 0.15) is 6.04 Å². The number of H-pyrrole nitrogens is 1. The van der Waals surface area contributed by atoms with E-state index in [2.05, 4.69) is 25.9 Å². The second kappa shape index (κ2) is 12.8. The van der Waals surface area contributed by atoms with Gasteiger partial charge < -0.3 is 20.9 Å². The summed E-state index contributed by atoms with van der Waals surface area (Å²) in [6.45, 7) is 10.4. The fourth-order valence-electron chi connectivity index (χ4n) is 5.59. The molecule has 12 heteroatoms. The number of carbonyl (C=O) groups excluding carboxylic acids is 2. The standard InChI is InChI=1S/C33H38N6O5S/c1-6-39-16-27-20(4)11-22(12-21(27)5)31(38-25-7-9-28-26(14-25)32(41)36-18-35-28)33(42)34-15-23-13-24(37-30(40)17-39)8-10-29(23)45(43,44)19(2)3/h7-14,18-19,31,38H,6,15-17H2,1-5H3,(H,34,42)(H,37,40)(H,35,36,41). The summed E-state index contributed by atoms with van der Waals surface area (Å²) in [6, 6.07) is 12.8. The number of hydrogen-bond donors (Lipinski definition) is 4. The van der Waals surface area contributed by atoms with E-state index in [4.69, 9.17) is 0 Å². The van der Waals surface area contributed by atoms with E-state index in [-0.39, 0.29) is 29.5 Å². The molecule has 0 radical (unpaired) electrons. The zero-order valence-electron chi connectivity index (χ0n) is 26.0. The van der Waals surface area contributed by atoms with Gasteiger partial charge in [0.25, 0.3) is 5.56 Å². The number of fused-ring (bicyclic) bond motifs is 10. The van der Waals surface area contributed by atoms with E-state index < -0.39 is 27.0 Å². The molecule has 3 heterocycles. The fraction of sp³-hybridized carbons (Fsp3) is 0.333. The Hall–Kier alpha value is -4.55. The number of aryl methyl sites for hydroxylation is 2. The maximum atomic E-state index is 14.0. The maximum Gasteiger partial charge on any atom is 0.258 e. The van der Waals surface area contributed by atoms with Gasteiger partial charge in [-0.25, -0.2) is 13.4 Å². The second-order valence-electron chi connectivity index (χ2n) is 11.7. The maximum absolute atomic E-state index is 14.0. The van der Waals surface area contributed by atoms with Crippen LogP contribution in [0, 0.1) is 13.8 Å². The van der Waals surface area contributed by atoms with Gasteiger partial charge in [-0.1, -0.05) is 19.1 Å². The number of aromatic amines is 1. The lowest BCUT2D eigenvalue weighted by Gasteiger charge is -2.26. The van der Waals surface area contributed by atoms with Crippen LogP contribution < -0.4 is 21.5 Å². The molecule has 4 N–H and O–H groups in total. The predicted octanol–water partition coefficient (Wildman–Crippen LogP) is 3.97. The normalized spacial score (nSPS) is 16.5. The second-order valence-corrected chi connectivity index (χ2v) is 14.1. The zero-order valence-corrected chi connectivity index (χ0v) is 26.8. The number of likely N-dealkylation sites (N-methyl/N-ethyl adjacent to an activating group) is 1. The highest BCUT2D eigenvalue weighted by Crippen LogP contribution is 2.29. The van der Waals surface area contributed by atoms with Crippen molar-refractivity contribution in [2.75, 3.05) is 23.7 Å². The highest BCUT2D eigenvalue weighted by atomic mass is 32.2. The third-order valence-corrected chi connectivity index (χ3v) is 10.4. The number of nitrogens with zero attached hydrogens (tertiary/aromatic N) is 2. The quantitative estimate of drug-likeness (QED) is 0.259. The van der Waals surface area contributed by atoms with Crippen LogP contribution in [0.5, 0.6) is 0 Å². The first-order valence-corrected chi connectivity index (χ1v) is 16.4. The monoisotopic (exact) mass is 630 g/mol. The Morgan fingerprint density at radius 1 is 1.00 bits per heavy atom. The molecule has 3 aromatic carbocycles. The van der Waals surface area contributed by atoms with Gasteiger partial charge in [-0.2, -0.15) is 0 Å². The Labute approximate surface area is 262 Å². The Morgan fingerprint density at radius 2 is 1.73 bits per heavy atom. The molecule has 0 saturated heterocycles. The third-order valence-electron chi connectivity index (χ3n) is 8.19. The van der Waals surface area contributed by atoms with Gasteiger partial charge in [0.2, 0.25) is 11.8 Å². The Morgan fingerprint density at radius 3 is 2.42 bits per heavy atom. The van der Waals surface area contributed by atoms with Gasteiger partial charge in [-0.15, -0.1) is 0 Å². The van der Waals surface area contributed by atoms with Crippen LogP contribution in [0.3, 0.4) is 0 Å². The van der Waals surface area contributed by atoms with Gasteiger partial charge in [0.05, 0.1) is 33.9 Å². The average molecular weight is 631 g/mol. The minimum absolute atomic E-state index is 0.0916. The Kier molecular flexibility index (Phi) is 9.08. The topological polar surface area (TPSA) is 153 Å². The molecule has 236 valence electrons. The smallest absolute Gasteiger partial charge is 0.258 e. The molecule has 0 spiro atoms. The first-order valence-electron chi connectivity index (χ1n) is 14.9. The largest absolute Gasteiger partial charge is 0.370 e. The molecule has 1 atom stereocenters. The van der Waals surface area contributed by atoms with Crippen LogP contribution in [0.15, 0.2) is 64.5 Å². The minimum atomic E-state index is -3.70. The van der Waals surface area contributed by atoms with E-state index in [0.717, 1.165) is 16.7 Å². The van der Waals surface area contributed by atoms with Crippen LogP contribution in [-0.4, -0.2) is 53.4 Å². The van der Waals surface area contributed by atoms with Crippen molar-refractivity contribution >= 4 is 43.9 Å². The van der Waals surface area contributed by atoms with E-state index in [9.17, 15) is 22.8 Å². The number of nitrogens with one attached hydrogen (secondary N) is 4. The number of anilines is 2. The summed E-state index contributed by atoms with van der Waals surface area (Å²) < 4.78 is 26.6. The summed E-state index contributed by atoms with van der Waals surface area (Å²) in [7, 11) is -3.70. The SMILES string of the molecule is CCN1CC(=O)Nc2ccc(S(=O)(=O)C(C)C)c(c2)CNC(=O)C(Nc2ccc3nc[nH]c(=O)c3c2)c2cc(C)c(c(C)c2)C1. The lowest BCUT2D eigenvalue weighted by molar-refractivity contribution is -0.122. The molecule has 4 aromatic rings. The van der Waals surface area contributed by atoms with E-state index in [1.54, 1.807) is 44.2 Å². The van der Waals surface area contributed by atoms with Crippen molar-refractivity contribution in [2.45, 2.75) is 63.9 Å². The molecule has 2 aliphatic heterocycles. The molecule has 2 aliphatic rings. The summed E-state index contributed by atoms with van der Waals surface area (Å²) in [6.07, 6.45) is 1.34. The van der Waals surface area contributed by atoms with Crippen LogP contribution in [0.1, 0.15) is 54.6 Å². The first kappa shape index (κ1) is 31.9. The van der Waals surface area contributed by atoms with E-state index in [1.807, 2.05) is 37.8 Å². The van der Waals surface area contributed by atoms with Crippen molar-refractivity contribution in [3.05, 3.63) is 93.0 Å². The average Bonchev–Trinajstić information content (AvgIpc) is 2.99. The number of carbonyl (C=O) groups is 2. The number of aromatic nitrogens is 2. The molecule has 1 aromatic heterocycles. The summed E-state index contributed by atoms with van der Waals surface area (Å²) >= 11 is 0. The highest BCUT2D eigenvalue weighted by Gasteiger charge is 2.27. The van der Waals surface area contributed by atoms with Crippen molar-refractivity contribution in [1.82, 2.24) is 20.2 Å². The summed E-state index contributed by atoms with van der Waals surface area (Å²) in [5.41, 5.74) is 5.25. The van der Waals surface area contributed by atoms with Crippen molar-refractivity contribution in [2.24, 2.45) is 0 Å². The van der Waals surface area contributed by atoms with Crippen LogP contribution >= 0.6 is 0 Å². The molecule has 45 heavy (non-hydrogen) atoms. The molecule has 11 nitrogen and oxygen atoms in total. The molecule has 1 unspecified atom stereocenters. The molecular weight excluding hydrogens is 592 g/mol. The van der Waals surface area contributed by atoms with Crippen molar-refractivity contribution in [3.8, 4) is 0 Å². The highest BCUT2D eigenvalue weighted by molar-refractivity contribution is 7.92. The van der Waals surface area contributed by atoms with E-state index >= 15 is 0 Å². The molecule has 6 rings (SSSR count). The Bertz CT molecular complexity index is 1930. The number of sulfone groups is 1. The fourth-order valence-corrected chi connectivity index (χ4v) is 6.85. The lowest BCUT2D eigenvalue weighted by atomic mass is 9.94. The van der Waals surface area contributed by atoms with Gasteiger partial charge in [-0.05, 0) is 98.5 Å². The van der Waals surface area contributed by atoms with Crippen molar-refractivity contribution in [1.29, 1.82) is 0 Å². The minimum Gasteiger partial charge on any atom is -0.370 e. The molecule has 0 aliphatic carbocycles. The van der Waals surface area contributed by atoms with Crippen LogP contribution in [0.4, 0.5) is 11.4 Å². The van der Waals surface area contributed by atoms with Gasteiger partial charge in [0.15, 0.2) is 9.84 Å². The van der Waals surface area contributed by atoms with Gasteiger partial charge in [-0.3, -0.25) is 19.3 Å². The summed E-state index contributed by atoms with van der Waals surface area (Å²) in [4.78, 5) is 48.5. The number of rotatable bonds is 5. The molecule has 0 fully saturated rings. The zero-order chi connectivity index (χ0) is 32.5. The van der Waals surface area contributed by atoms with E-state index in [0.29, 0.717) is 46.5 Å². The van der Waals surface area contributed by atoms with Crippen molar-refractivity contribution in [3.63, 3.8) is 0 Å². The van der Waals surface area contributed by atoms with Crippen molar-refractivity contribution < 1.29 is 18.0 Å². The van der Waals surface area contributed by atoms with E-state index in [1.165, 1.54) is 12.4 Å². The Balaban J connectivity index is 1.62. The number of amides is 2. The third kappa shape index (κ3) is 6.76. The molecule has 0 saturated carbocycles. The molecular formula is C33H38N6O5S. The molecule has 2 amide bonds. The van der Waals surface area contributed by atoms with Crippen LogP contribution in [-0.2, 0) is 32.5 Å². The number of hydrogen-bond acceptors (Lipinski definition) is 8. The summed E-state index contributed by atoms with van der Waals surface area (Å²) in [5.74, 6) is -0.620. The lowest BCUT2D eigenvalue weighted by Crippen LogP contribution is -2.35.